The fourth-order valence-electron chi connectivity index (χ4n) is 2.98. The van der Waals surface area contributed by atoms with Crippen molar-refractivity contribution < 1.29 is 14.3 Å². The highest BCUT2D eigenvalue weighted by atomic mass is 32.2. The molecule has 1 aliphatic rings. The van der Waals surface area contributed by atoms with Crippen molar-refractivity contribution in [1.29, 1.82) is 0 Å². The summed E-state index contributed by atoms with van der Waals surface area (Å²) in [6.45, 7) is 3.00. The summed E-state index contributed by atoms with van der Waals surface area (Å²) in [7, 11) is 1.56. The highest BCUT2D eigenvalue weighted by Gasteiger charge is 2.18. The Morgan fingerprint density at radius 2 is 1.94 bits per heavy atom. The minimum Gasteiger partial charge on any atom is -0.495 e. The lowest BCUT2D eigenvalue weighted by Crippen LogP contribution is -2.30. The molecule has 0 atom stereocenters. The smallest absolute Gasteiger partial charge is 0.319 e. The number of para-hydroxylation sites is 2. The van der Waals surface area contributed by atoms with Crippen molar-refractivity contribution in [3.8, 4) is 5.75 Å². The lowest BCUT2D eigenvalue weighted by atomic mass is 10.0. The Bertz CT molecular complexity index is 1000. The standard InChI is InChI=1S/C23H26N4O3S/c1-16-8-3-4-9-18(16)21(28)17-14-26-23(31-15-17)25-13-7-12-24-22(29)27-19-10-5-6-11-20(19)30-2/h3-6,8-11,14H,7,12-13,15H2,1-2H3,(H,25,26)(H2,24,27,29). The number of nitrogens with zero attached hydrogens (tertiary/aromatic N) is 1. The van der Waals surface area contributed by atoms with E-state index in [-0.39, 0.29) is 11.8 Å². The van der Waals surface area contributed by atoms with E-state index in [0.29, 0.717) is 36.7 Å². The van der Waals surface area contributed by atoms with Gasteiger partial charge in [-0.25, -0.2) is 4.79 Å². The van der Waals surface area contributed by atoms with Crippen LogP contribution in [0.25, 0.3) is 0 Å². The minimum atomic E-state index is -0.287. The number of methoxy groups -OCH3 is 1. The molecule has 3 rings (SSSR count). The van der Waals surface area contributed by atoms with Gasteiger partial charge in [-0.1, -0.05) is 48.2 Å². The Morgan fingerprint density at radius 3 is 2.68 bits per heavy atom. The van der Waals surface area contributed by atoms with Gasteiger partial charge in [-0.3, -0.25) is 9.79 Å². The molecule has 2 aromatic carbocycles. The third-order valence-corrected chi connectivity index (χ3v) is 5.62. The number of ketones is 1. The SMILES string of the molecule is COc1ccccc1NC(=O)NCCCN=C1NC=C(C(=O)c2ccccc2C)CS1. The maximum absolute atomic E-state index is 12.6. The van der Waals surface area contributed by atoms with Gasteiger partial charge in [-0.2, -0.15) is 0 Å². The van der Waals surface area contributed by atoms with E-state index in [1.54, 1.807) is 25.4 Å². The van der Waals surface area contributed by atoms with Crippen molar-refractivity contribution in [2.45, 2.75) is 13.3 Å². The van der Waals surface area contributed by atoms with E-state index in [4.69, 9.17) is 4.74 Å². The highest BCUT2D eigenvalue weighted by Crippen LogP contribution is 2.23. The number of aliphatic imine (C=N–C) groups is 1. The van der Waals surface area contributed by atoms with E-state index in [1.165, 1.54) is 11.8 Å². The second-order valence-corrected chi connectivity index (χ2v) is 7.83. The van der Waals surface area contributed by atoms with E-state index in [2.05, 4.69) is 20.9 Å². The summed E-state index contributed by atoms with van der Waals surface area (Å²) in [6.07, 6.45) is 2.44. The van der Waals surface area contributed by atoms with Crippen molar-refractivity contribution in [3.05, 3.63) is 71.4 Å². The van der Waals surface area contributed by atoms with E-state index in [0.717, 1.165) is 21.9 Å². The molecule has 0 radical (unpaired) electrons. The maximum atomic E-state index is 12.6. The highest BCUT2D eigenvalue weighted by molar-refractivity contribution is 8.14. The topological polar surface area (TPSA) is 91.8 Å². The van der Waals surface area contributed by atoms with Crippen molar-refractivity contribution >= 4 is 34.4 Å². The molecule has 2 amide bonds. The first-order valence-electron chi connectivity index (χ1n) is 9.99. The van der Waals surface area contributed by atoms with Gasteiger partial charge in [0.25, 0.3) is 0 Å². The summed E-state index contributed by atoms with van der Waals surface area (Å²) in [5.41, 5.74) is 3.05. The fraction of sp³-hybridized carbons (Fsp3) is 0.261. The molecule has 162 valence electrons. The first-order chi connectivity index (χ1) is 15.1. The van der Waals surface area contributed by atoms with Crippen molar-refractivity contribution in [3.63, 3.8) is 0 Å². The first-order valence-corrected chi connectivity index (χ1v) is 11.0. The zero-order valence-corrected chi connectivity index (χ0v) is 18.4. The Balaban J connectivity index is 1.40. The van der Waals surface area contributed by atoms with Crippen LogP contribution in [0.15, 0.2) is 65.3 Å². The minimum absolute atomic E-state index is 0.0439. The number of urea groups is 1. The molecular weight excluding hydrogens is 412 g/mol. The second kappa shape index (κ2) is 11.2. The number of hydrogen-bond acceptors (Lipinski definition) is 5. The van der Waals surface area contributed by atoms with Crippen molar-refractivity contribution in [2.75, 3.05) is 31.3 Å². The number of hydrogen-bond donors (Lipinski definition) is 3. The molecule has 1 aliphatic heterocycles. The molecule has 0 bridgehead atoms. The van der Waals surface area contributed by atoms with E-state index in [9.17, 15) is 9.59 Å². The van der Waals surface area contributed by atoms with Crippen LogP contribution in [0.4, 0.5) is 10.5 Å². The number of anilines is 1. The van der Waals surface area contributed by atoms with Gasteiger partial charge in [0.2, 0.25) is 0 Å². The van der Waals surface area contributed by atoms with Crippen molar-refractivity contribution in [2.24, 2.45) is 4.99 Å². The molecule has 1 heterocycles. The largest absolute Gasteiger partial charge is 0.495 e. The molecule has 7 nitrogen and oxygen atoms in total. The summed E-state index contributed by atoms with van der Waals surface area (Å²) < 4.78 is 5.21. The van der Waals surface area contributed by atoms with Crippen LogP contribution in [0, 0.1) is 6.92 Å². The lowest BCUT2D eigenvalue weighted by molar-refractivity contribution is 0.103. The predicted octanol–water partition coefficient (Wildman–Crippen LogP) is 3.97. The van der Waals surface area contributed by atoms with Gasteiger partial charge in [0, 0.05) is 36.2 Å². The Morgan fingerprint density at radius 1 is 1.16 bits per heavy atom. The Kier molecular flexibility index (Phi) is 8.12. The molecule has 31 heavy (non-hydrogen) atoms. The van der Waals surface area contributed by atoms with Gasteiger partial charge < -0.3 is 20.7 Å². The molecule has 0 aromatic heterocycles. The molecule has 0 unspecified atom stereocenters. The average Bonchev–Trinajstić information content (AvgIpc) is 2.79. The third-order valence-electron chi connectivity index (χ3n) is 4.65. The number of ether oxygens (including phenoxy) is 1. The summed E-state index contributed by atoms with van der Waals surface area (Å²) in [4.78, 5) is 29.2. The van der Waals surface area contributed by atoms with Crippen LogP contribution in [0.3, 0.4) is 0 Å². The van der Waals surface area contributed by atoms with Crippen LogP contribution >= 0.6 is 11.8 Å². The van der Waals surface area contributed by atoms with Gasteiger partial charge in [-0.05, 0) is 31.0 Å². The van der Waals surface area contributed by atoms with Crippen molar-refractivity contribution in [1.82, 2.24) is 10.6 Å². The van der Waals surface area contributed by atoms with Crippen LogP contribution in [0.1, 0.15) is 22.3 Å². The van der Waals surface area contributed by atoms with Gasteiger partial charge in [0.1, 0.15) is 5.75 Å². The second-order valence-electron chi connectivity index (χ2n) is 6.87. The van der Waals surface area contributed by atoms with E-state index in [1.807, 2.05) is 43.3 Å². The van der Waals surface area contributed by atoms with Crippen LogP contribution in [0.2, 0.25) is 0 Å². The number of benzene rings is 2. The van der Waals surface area contributed by atoms with Gasteiger partial charge in [0.15, 0.2) is 11.0 Å². The number of Topliss-reactive ketones (excluding diaryl/α,β-unsaturated/α-hetero) is 1. The first kappa shape index (κ1) is 22.4. The van der Waals surface area contributed by atoms with Crippen LogP contribution in [-0.4, -0.2) is 42.9 Å². The summed E-state index contributed by atoms with van der Waals surface area (Å²) >= 11 is 1.51. The maximum Gasteiger partial charge on any atom is 0.319 e. The Labute approximate surface area is 186 Å². The monoisotopic (exact) mass is 438 g/mol. The molecule has 3 N–H and O–H groups in total. The zero-order valence-electron chi connectivity index (χ0n) is 17.6. The van der Waals surface area contributed by atoms with Crippen LogP contribution < -0.4 is 20.7 Å². The number of nitrogens with one attached hydrogen (secondary N) is 3. The van der Waals surface area contributed by atoms with Gasteiger partial charge in [-0.15, -0.1) is 0 Å². The molecular formula is C23H26N4O3S. The number of aryl methyl sites for hydroxylation is 1. The van der Waals surface area contributed by atoms with E-state index >= 15 is 0 Å². The number of thioether (sulfide) groups is 1. The average molecular weight is 439 g/mol. The molecule has 0 saturated heterocycles. The summed E-state index contributed by atoms with van der Waals surface area (Å²) in [5, 5.41) is 9.45. The number of amides is 2. The van der Waals surface area contributed by atoms with Gasteiger partial charge >= 0.3 is 6.03 Å². The zero-order chi connectivity index (χ0) is 22.1. The van der Waals surface area contributed by atoms with E-state index < -0.39 is 0 Å². The number of amidine groups is 1. The summed E-state index contributed by atoms with van der Waals surface area (Å²) in [6, 6.07) is 14.5. The molecule has 0 fully saturated rings. The molecule has 0 aliphatic carbocycles. The molecule has 2 aromatic rings. The molecule has 0 spiro atoms. The fourth-order valence-corrected chi connectivity index (χ4v) is 3.81. The molecule has 0 saturated carbocycles. The Hall–Kier alpha value is -3.26. The number of carbonyl (C=O) groups excluding carboxylic acids is 2. The quantitative estimate of drug-likeness (QED) is 0.428. The van der Waals surface area contributed by atoms with Crippen LogP contribution in [0.5, 0.6) is 5.75 Å². The number of rotatable bonds is 8. The lowest BCUT2D eigenvalue weighted by Gasteiger charge is -2.16. The van der Waals surface area contributed by atoms with Gasteiger partial charge in [0.05, 0.1) is 12.8 Å². The normalized spacial score (nSPS) is 14.4. The van der Waals surface area contributed by atoms with Crippen LogP contribution in [-0.2, 0) is 0 Å². The predicted molar refractivity (Wildman–Crippen MR) is 126 cm³/mol. The summed E-state index contributed by atoms with van der Waals surface area (Å²) in [5.74, 6) is 1.23. The third kappa shape index (κ3) is 6.36. The molecule has 8 heteroatoms. The number of carbonyl (C=O) groups is 2.